The SMILES string of the molecule is CC[Si](CC)(CC)O[C@H](/C(C)=C/I)[C@@H](C)C=O. The summed E-state index contributed by atoms with van der Waals surface area (Å²) in [6, 6.07) is 3.36. The van der Waals surface area contributed by atoms with E-state index in [1.54, 1.807) is 0 Å². The van der Waals surface area contributed by atoms with Crippen molar-refractivity contribution in [1.29, 1.82) is 0 Å². The molecule has 0 rings (SSSR count). The predicted octanol–water partition coefficient (Wildman–Crippen LogP) is 4.55. The maximum absolute atomic E-state index is 11.0. The third kappa shape index (κ3) is 4.83. The lowest BCUT2D eigenvalue weighted by Gasteiger charge is -2.35. The van der Waals surface area contributed by atoms with Crippen molar-refractivity contribution in [2.24, 2.45) is 5.92 Å². The molecule has 2 nitrogen and oxygen atoms in total. The zero-order valence-electron chi connectivity index (χ0n) is 11.6. The largest absolute Gasteiger partial charge is 0.410 e. The van der Waals surface area contributed by atoms with Crippen LogP contribution in [0.25, 0.3) is 0 Å². The molecule has 0 amide bonds. The topological polar surface area (TPSA) is 26.3 Å². The molecule has 0 radical (unpaired) electrons. The van der Waals surface area contributed by atoms with Gasteiger partial charge in [-0.05, 0) is 34.7 Å². The Hall–Kier alpha value is 0.317. The van der Waals surface area contributed by atoms with Gasteiger partial charge in [-0.1, -0.05) is 50.3 Å². The monoisotopic (exact) mass is 368 g/mol. The Morgan fingerprint density at radius 3 is 2.06 bits per heavy atom. The van der Waals surface area contributed by atoms with E-state index < -0.39 is 8.32 Å². The fourth-order valence-corrected chi connectivity index (χ4v) is 5.31. The first-order valence-corrected chi connectivity index (χ1v) is 10.2. The molecule has 100 valence electrons. The Kier molecular flexibility index (Phi) is 8.58. The van der Waals surface area contributed by atoms with Crippen LogP contribution in [0.5, 0.6) is 0 Å². The van der Waals surface area contributed by atoms with Crippen molar-refractivity contribution in [3.8, 4) is 0 Å². The molecule has 2 atom stereocenters. The van der Waals surface area contributed by atoms with Crippen molar-refractivity contribution >= 4 is 37.2 Å². The van der Waals surface area contributed by atoms with E-state index in [-0.39, 0.29) is 12.0 Å². The highest BCUT2D eigenvalue weighted by atomic mass is 127. The van der Waals surface area contributed by atoms with Gasteiger partial charge in [0.2, 0.25) is 0 Å². The Labute approximate surface area is 120 Å². The van der Waals surface area contributed by atoms with E-state index in [9.17, 15) is 4.79 Å². The average molecular weight is 368 g/mol. The van der Waals surface area contributed by atoms with Crippen LogP contribution < -0.4 is 0 Å². The summed E-state index contributed by atoms with van der Waals surface area (Å²) >= 11 is 2.22. The first-order valence-electron chi connectivity index (χ1n) is 6.40. The normalized spacial score (nSPS) is 16.7. The fraction of sp³-hybridized carbons (Fsp3) is 0.769. The Bertz CT molecular complexity index is 254. The van der Waals surface area contributed by atoms with Crippen molar-refractivity contribution in [3.63, 3.8) is 0 Å². The highest BCUT2D eigenvalue weighted by Gasteiger charge is 2.34. The van der Waals surface area contributed by atoms with Gasteiger partial charge in [-0.25, -0.2) is 0 Å². The van der Waals surface area contributed by atoms with Gasteiger partial charge in [-0.15, -0.1) is 0 Å². The summed E-state index contributed by atoms with van der Waals surface area (Å²) in [4.78, 5) is 11.0. The van der Waals surface area contributed by atoms with Gasteiger partial charge >= 0.3 is 0 Å². The molecule has 0 aromatic rings. The molecule has 0 bridgehead atoms. The number of aldehydes is 1. The summed E-state index contributed by atoms with van der Waals surface area (Å²) in [6.07, 6.45) is 0.977. The van der Waals surface area contributed by atoms with Crippen molar-refractivity contribution < 1.29 is 9.22 Å². The lowest BCUT2D eigenvalue weighted by Crippen LogP contribution is -2.42. The summed E-state index contributed by atoms with van der Waals surface area (Å²) in [6.45, 7) is 10.6. The number of carbonyl (C=O) groups is 1. The molecule has 0 aliphatic rings. The van der Waals surface area contributed by atoms with Crippen LogP contribution in [0, 0.1) is 5.92 Å². The molecular formula is C13H25IO2Si. The Morgan fingerprint density at radius 2 is 1.76 bits per heavy atom. The molecule has 0 saturated carbocycles. The molecule has 0 fully saturated rings. The van der Waals surface area contributed by atoms with Gasteiger partial charge in [0.15, 0.2) is 8.32 Å². The van der Waals surface area contributed by atoms with Gasteiger partial charge in [-0.3, -0.25) is 0 Å². The molecular weight excluding hydrogens is 343 g/mol. The molecule has 0 aliphatic heterocycles. The van der Waals surface area contributed by atoms with Gasteiger partial charge in [-0.2, -0.15) is 0 Å². The van der Waals surface area contributed by atoms with Crippen LogP contribution in [0.15, 0.2) is 9.66 Å². The summed E-state index contributed by atoms with van der Waals surface area (Å²) in [5, 5.41) is 0. The Morgan fingerprint density at radius 1 is 1.29 bits per heavy atom. The van der Waals surface area contributed by atoms with E-state index in [4.69, 9.17) is 4.43 Å². The molecule has 0 saturated heterocycles. The van der Waals surface area contributed by atoms with Crippen molar-refractivity contribution in [2.45, 2.75) is 58.9 Å². The van der Waals surface area contributed by atoms with Crippen molar-refractivity contribution in [3.05, 3.63) is 9.66 Å². The van der Waals surface area contributed by atoms with Crippen LogP contribution in [-0.2, 0) is 9.22 Å². The van der Waals surface area contributed by atoms with E-state index in [0.29, 0.717) is 0 Å². The second-order valence-corrected chi connectivity index (χ2v) is 9.98. The van der Waals surface area contributed by atoms with E-state index in [0.717, 1.165) is 30.0 Å². The van der Waals surface area contributed by atoms with Gasteiger partial charge < -0.3 is 9.22 Å². The summed E-state index contributed by atoms with van der Waals surface area (Å²) in [5.41, 5.74) is 1.16. The molecule has 17 heavy (non-hydrogen) atoms. The van der Waals surface area contributed by atoms with E-state index in [2.05, 4.69) is 50.3 Å². The van der Waals surface area contributed by atoms with Crippen LogP contribution in [0.1, 0.15) is 34.6 Å². The zero-order chi connectivity index (χ0) is 13.5. The summed E-state index contributed by atoms with van der Waals surface area (Å²) < 4.78 is 8.46. The van der Waals surface area contributed by atoms with Gasteiger partial charge in [0.1, 0.15) is 6.29 Å². The molecule has 0 aromatic carbocycles. The van der Waals surface area contributed by atoms with E-state index in [1.165, 1.54) is 0 Å². The van der Waals surface area contributed by atoms with Gasteiger partial charge in [0.25, 0.3) is 0 Å². The third-order valence-electron chi connectivity index (χ3n) is 3.62. The summed E-state index contributed by atoms with van der Waals surface area (Å²) in [5.74, 6) is -0.0578. The number of carbonyl (C=O) groups excluding carboxylic acids is 1. The quantitative estimate of drug-likeness (QED) is 0.357. The number of halogens is 1. The van der Waals surface area contributed by atoms with Crippen LogP contribution in [-0.4, -0.2) is 20.7 Å². The molecule has 4 heteroatoms. The Balaban J connectivity index is 5.02. The van der Waals surface area contributed by atoms with Gasteiger partial charge in [0.05, 0.1) is 6.10 Å². The molecule has 0 aliphatic carbocycles. The zero-order valence-corrected chi connectivity index (χ0v) is 14.8. The molecule has 0 N–H and O–H groups in total. The number of hydrogen-bond acceptors (Lipinski definition) is 2. The van der Waals surface area contributed by atoms with Crippen LogP contribution >= 0.6 is 22.6 Å². The first kappa shape index (κ1) is 17.3. The second kappa shape index (κ2) is 8.42. The van der Waals surface area contributed by atoms with E-state index in [1.807, 2.05) is 11.0 Å². The minimum atomic E-state index is -1.64. The van der Waals surface area contributed by atoms with Crippen LogP contribution in [0.3, 0.4) is 0 Å². The standard InChI is InChI=1S/C13H25IO2Si/c1-6-17(7-2,8-3)16-13(11(4)9-14)12(5)10-15/h9-10,12-13H,6-8H2,1-5H3/b11-9+/t12-,13+/m0/s1. The predicted molar refractivity (Wildman–Crippen MR) is 85.1 cm³/mol. The summed E-state index contributed by atoms with van der Waals surface area (Å²) in [7, 11) is -1.64. The molecule has 0 spiro atoms. The maximum Gasteiger partial charge on any atom is 0.192 e. The minimum absolute atomic E-state index is 0.0316. The van der Waals surface area contributed by atoms with Gasteiger partial charge in [0, 0.05) is 5.92 Å². The molecule has 0 unspecified atom stereocenters. The number of rotatable bonds is 8. The van der Waals surface area contributed by atoms with E-state index >= 15 is 0 Å². The third-order valence-corrected chi connectivity index (χ3v) is 9.23. The smallest absolute Gasteiger partial charge is 0.192 e. The van der Waals surface area contributed by atoms with Crippen LogP contribution in [0.4, 0.5) is 0 Å². The minimum Gasteiger partial charge on any atom is -0.410 e. The fourth-order valence-electron chi connectivity index (χ4n) is 2.02. The average Bonchev–Trinajstić information content (AvgIpc) is 2.39. The number of hydrogen-bond donors (Lipinski definition) is 0. The lowest BCUT2D eigenvalue weighted by molar-refractivity contribution is -0.112. The maximum atomic E-state index is 11.0. The van der Waals surface area contributed by atoms with Crippen molar-refractivity contribution in [1.82, 2.24) is 0 Å². The molecule has 0 heterocycles. The highest BCUT2D eigenvalue weighted by Crippen LogP contribution is 2.28. The van der Waals surface area contributed by atoms with Crippen molar-refractivity contribution in [2.75, 3.05) is 0 Å². The first-order chi connectivity index (χ1) is 8.00. The highest BCUT2D eigenvalue weighted by molar-refractivity contribution is 14.1. The van der Waals surface area contributed by atoms with Crippen LogP contribution in [0.2, 0.25) is 18.1 Å². The second-order valence-electron chi connectivity index (χ2n) is 4.63. The lowest BCUT2D eigenvalue weighted by atomic mass is 10.0. The molecule has 0 aromatic heterocycles.